The van der Waals surface area contributed by atoms with Gasteiger partial charge in [0.15, 0.2) is 4.80 Å². The van der Waals surface area contributed by atoms with Gasteiger partial charge in [-0.25, -0.2) is 14.2 Å². The van der Waals surface area contributed by atoms with Gasteiger partial charge < -0.3 is 4.74 Å². The summed E-state index contributed by atoms with van der Waals surface area (Å²) in [6.45, 7) is 3.54. The van der Waals surface area contributed by atoms with Crippen LogP contribution >= 0.6 is 22.9 Å². The molecule has 2 aromatic heterocycles. The first-order valence-corrected chi connectivity index (χ1v) is 10.5. The van der Waals surface area contributed by atoms with E-state index in [1.54, 1.807) is 30.9 Å². The summed E-state index contributed by atoms with van der Waals surface area (Å²) < 4.78 is 22.6. The molecule has 3 aromatic rings. The summed E-state index contributed by atoms with van der Waals surface area (Å²) in [5, 5.41) is 4.45. The number of carbonyl (C=O) groups excluding carboxylic acids is 1. The zero-order valence-corrected chi connectivity index (χ0v) is 18.7. The van der Waals surface area contributed by atoms with Crippen LogP contribution in [0.4, 0.5) is 4.39 Å². The van der Waals surface area contributed by atoms with Crippen molar-refractivity contribution in [2.45, 2.75) is 19.9 Å². The first-order chi connectivity index (χ1) is 14.7. The van der Waals surface area contributed by atoms with Gasteiger partial charge in [0.2, 0.25) is 0 Å². The van der Waals surface area contributed by atoms with Gasteiger partial charge in [-0.05, 0) is 32.1 Å². The average Bonchev–Trinajstić information content (AvgIpc) is 3.22. The highest BCUT2D eigenvalue weighted by molar-refractivity contribution is 7.07. The van der Waals surface area contributed by atoms with Gasteiger partial charge in [0.05, 0.1) is 34.1 Å². The molecule has 1 aliphatic heterocycles. The predicted octanol–water partition coefficient (Wildman–Crippen LogP) is 2.24. The molecule has 0 aliphatic carbocycles. The van der Waals surface area contributed by atoms with Crippen LogP contribution in [0.5, 0.6) is 0 Å². The molecular weight excluding hydrogens is 443 g/mol. The summed E-state index contributed by atoms with van der Waals surface area (Å²) in [5.41, 5.74) is 1.86. The van der Waals surface area contributed by atoms with Crippen LogP contribution in [0, 0.1) is 12.7 Å². The number of hydrogen-bond donors (Lipinski definition) is 0. The lowest BCUT2D eigenvalue weighted by Gasteiger charge is -2.23. The van der Waals surface area contributed by atoms with E-state index in [9.17, 15) is 14.0 Å². The number of aryl methyl sites for hydroxylation is 1. The summed E-state index contributed by atoms with van der Waals surface area (Å²) in [4.78, 5) is 30.9. The maximum absolute atomic E-state index is 14.3. The van der Waals surface area contributed by atoms with Gasteiger partial charge in [-0.2, -0.15) is 5.10 Å². The number of aromatic nitrogens is 3. The summed E-state index contributed by atoms with van der Waals surface area (Å²) in [6.07, 6.45) is 3.03. The predicted molar refractivity (Wildman–Crippen MR) is 115 cm³/mol. The fourth-order valence-electron chi connectivity index (χ4n) is 3.55. The van der Waals surface area contributed by atoms with Crippen molar-refractivity contribution >= 4 is 35.0 Å². The van der Waals surface area contributed by atoms with E-state index < -0.39 is 23.4 Å². The van der Waals surface area contributed by atoms with Crippen molar-refractivity contribution in [3.63, 3.8) is 0 Å². The van der Waals surface area contributed by atoms with E-state index in [2.05, 4.69) is 10.1 Å². The van der Waals surface area contributed by atoms with E-state index in [0.29, 0.717) is 16.1 Å². The largest absolute Gasteiger partial charge is 0.466 e. The second kappa shape index (κ2) is 7.90. The van der Waals surface area contributed by atoms with Crippen LogP contribution in [0.2, 0.25) is 5.02 Å². The number of hydrogen-bond acceptors (Lipinski definition) is 6. The van der Waals surface area contributed by atoms with Gasteiger partial charge in [0, 0.05) is 23.9 Å². The van der Waals surface area contributed by atoms with Crippen LogP contribution in [0.3, 0.4) is 0 Å². The highest BCUT2D eigenvalue weighted by atomic mass is 35.5. The summed E-state index contributed by atoms with van der Waals surface area (Å²) in [6, 6.07) is 3.55. The van der Waals surface area contributed by atoms with Crippen LogP contribution < -0.4 is 14.9 Å². The number of halogens is 2. The maximum Gasteiger partial charge on any atom is 0.338 e. The van der Waals surface area contributed by atoms with E-state index in [1.807, 2.05) is 6.92 Å². The lowest BCUT2D eigenvalue weighted by atomic mass is 9.96. The molecule has 4 rings (SSSR count). The highest BCUT2D eigenvalue weighted by Crippen LogP contribution is 2.32. The van der Waals surface area contributed by atoms with Crippen molar-refractivity contribution in [3.05, 3.63) is 83.0 Å². The van der Waals surface area contributed by atoms with Crippen molar-refractivity contribution in [2.75, 3.05) is 7.11 Å². The van der Waals surface area contributed by atoms with Crippen LogP contribution in [-0.4, -0.2) is 27.4 Å². The molecule has 0 radical (unpaired) electrons. The molecule has 160 valence electrons. The van der Waals surface area contributed by atoms with E-state index in [1.165, 1.54) is 29.9 Å². The summed E-state index contributed by atoms with van der Waals surface area (Å²) in [5.74, 6) is -1.12. The SMILES string of the molecule is COC(=O)C1=C(C)N=c2s/c(=C/c3c(F)cccc3Cl)c(=O)n2[C@@H]1c1cnn(C)c1C. The number of fused-ring (bicyclic) bond motifs is 1. The molecule has 1 aromatic carbocycles. The first kappa shape index (κ1) is 21.2. The Balaban J connectivity index is 2.04. The van der Waals surface area contributed by atoms with Gasteiger partial charge in [-0.15, -0.1) is 0 Å². The Morgan fingerprint density at radius 1 is 1.35 bits per heavy atom. The molecule has 0 saturated heterocycles. The first-order valence-electron chi connectivity index (χ1n) is 9.28. The number of methoxy groups -OCH3 is 1. The second-order valence-electron chi connectivity index (χ2n) is 7.02. The standard InChI is InChI=1S/C21H18ClFN4O3S/c1-10-17(20(29)30-4)18(13-9-24-26(3)11(13)2)27-19(28)16(31-21(27)25-10)8-12-14(22)6-5-7-15(12)23/h5-9,18H,1-4H3/b16-8+/t18-/m1/s1. The van der Waals surface area contributed by atoms with E-state index in [0.717, 1.165) is 17.0 Å². The normalized spacial score (nSPS) is 16.3. The third-order valence-electron chi connectivity index (χ3n) is 5.27. The minimum Gasteiger partial charge on any atom is -0.466 e. The maximum atomic E-state index is 14.3. The van der Waals surface area contributed by atoms with Gasteiger partial charge in [0.25, 0.3) is 5.56 Å². The van der Waals surface area contributed by atoms with E-state index in [-0.39, 0.29) is 20.7 Å². The van der Waals surface area contributed by atoms with Crippen LogP contribution in [0.15, 0.2) is 45.5 Å². The third-order valence-corrected chi connectivity index (χ3v) is 6.58. The number of allylic oxidation sites excluding steroid dienone is 1. The summed E-state index contributed by atoms with van der Waals surface area (Å²) >= 11 is 7.23. The van der Waals surface area contributed by atoms with Gasteiger partial charge in [-0.3, -0.25) is 14.0 Å². The fraction of sp³-hybridized carbons (Fsp3) is 0.238. The topological polar surface area (TPSA) is 78.5 Å². The van der Waals surface area contributed by atoms with Crippen molar-refractivity contribution in [3.8, 4) is 0 Å². The smallest absolute Gasteiger partial charge is 0.338 e. The fourth-order valence-corrected chi connectivity index (χ4v) is 4.80. The Morgan fingerprint density at radius 3 is 2.71 bits per heavy atom. The molecular formula is C21H18ClFN4O3S. The minimum absolute atomic E-state index is 0.118. The zero-order chi connectivity index (χ0) is 22.4. The second-order valence-corrected chi connectivity index (χ2v) is 8.43. The molecule has 0 fully saturated rings. The third kappa shape index (κ3) is 3.43. The molecule has 0 bridgehead atoms. The molecule has 10 heteroatoms. The molecule has 0 spiro atoms. The molecule has 0 amide bonds. The van der Waals surface area contributed by atoms with Crippen LogP contribution in [-0.2, 0) is 16.6 Å². The highest BCUT2D eigenvalue weighted by Gasteiger charge is 2.35. The molecule has 0 unspecified atom stereocenters. The Labute approximate surface area is 185 Å². The van der Waals surface area contributed by atoms with Gasteiger partial charge in [-0.1, -0.05) is 29.0 Å². The molecule has 31 heavy (non-hydrogen) atoms. The van der Waals surface area contributed by atoms with Crippen molar-refractivity contribution in [2.24, 2.45) is 12.0 Å². The lowest BCUT2D eigenvalue weighted by molar-refractivity contribution is -0.136. The van der Waals surface area contributed by atoms with Gasteiger partial charge >= 0.3 is 5.97 Å². The molecule has 1 aliphatic rings. The van der Waals surface area contributed by atoms with E-state index in [4.69, 9.17) is 16.3 Å². The Hall–Kier alpha value is -3.04. The van der Waals surface area contributed by atoms with E-state index >= 15 is 0 Å². The Bertz CT molecular complexity index is 1410. The zero-order valence-electron chi connectivity index (χ0n) is 17.1. The Morgan fingerprint density at radius 2 is 2.10 bits per heavy atom. The van der Waals surface area contributed by atoms with Crippen LogP contribution in [0.25, 0.3) is 6.08 Å². The number of nitrogens with zero attached hydrogens (tertiary/aromatic N) is 4. The molecule has 7 nitrogen and oxygen atoms in total. The van der Waals surface area contributed by atoms with Crippen molar-refractivity contribution in [1.29, 1.82) is 0 Å². The summed E-state index contributed by atoms with van der Waals surface area (Å²) in [7, 11) is 3.05. The van der Waals surface area contributed by atoms with Gasteiger partial charge in [0.1, 0.15) is 11.9 Å². The lowest BCUT2D eigenvalue weighted by Crippen LogP contribution is -2.40. The quantitative estimate of drug-likeness (QED) is 0.561. The number of thiazole rings is 1. The van der Waals surface area contributed by atoms with Crippen molar-refractivity contribution < 1.29 is 13.9 Å². The molecule has 0 N–H and O–H groups in total. The number of benzene rings is 1. The van der Waals surface area contributed by atoms with Crippen LogP contribution in [0.1, 0.15) is 29.8 Å². The number of esters is 1. The van der Waals surface area contributed by atoms with Crippen molar-refractivity contribution in [1.82, 2.24) is 14.3 Å². The average molecular weight is 461 g/mol. The number of ether oxygens (including phenoxy) is 1. The molecule has 3 heterocycles. The Kier molecular flexibility index (Phi) is 5.40. The number of carbonyl (C=O) groups is 1. The molecule has 0 saturated carbocycles. The minimum atomic E-state index is -0.768. The monoisotopic (exact) mass is 460 g/mol. The molecule has 1 atom stereocenters. The number of rotatable bonds is 3.